The number of halogens is 1. The van der Waals surface area contributed by atoms with Crippen LogP contribution < -0.4 is 5.32 Å². The number of hydrogen-bond acceptors (Lipinski definition) is 2. The van der Waals surface area contributed by atoms with Crippen molar-refractivity contribution in [1.82, 2.24) is 5.32 Å². The van der Waals surface area contributed by atoms with Crippen molar-refractivity contribution in [3.8, 4) is 0 Å². The van der Waals surface area contributed by atoms with Gasteiger partial charge in [0.25, 0.3) is 0 Å². The third kappa shape index (κ3) is 4.04. The molecule has 0 aromatic heterocycles. The maximum absolute atomic E-state index is 13.6. The Balaban J connectivity index is 1.74. The highest BCUT2D eigenvalue weighted by Gasteiger charge is 2.48. The van der Waals surface area contributed by atoms with Crippen LogP contribution in [0.5, 0.6) is 0 Å². The molecule has 1 aromatic carbocycles. The molecule has 3 heteroatoms. The van der Waals surface area contributed by atoms with Crippen LogP contribution in [0.2, 0.25) is 0 Å². The summed E-state index contributed by atoms with van der Waals surface area (Å²) in [5, 5.41) is 3.56. The largest absolute Gasteiger partial charge is 0.377 e. The van der Waals surface area contributed by atoms with Crippen LogP contribution in [0.3, 0.4) is 0 Å². The summed E-state index contributed by atoms with van der Waals surface area (Å²) >= 11 is 0. The van der Waals surface area contributed by atoms with Gasteiger partial charge in [-0.1, -0.05) is 45.9 Å². The lowest BCUT2D eigenvalue weighted by atomic mass is 9.64. The Labute approximate surface area is 128 Å². The lowest BCUT2D eigenvalue weighted by Gasteiger charge is -2.52. The molecule has 1 aromatic rings. The average molecular weight is 293 g/mol. The van der Waals surface area contributed by atoms with Gasteiger partial charge in [-0.25, -0.2) is 4.39 Å². The first-order chi connectivity index (χ1) is 9.91. The zero-order chi connectivity index (χ0) is 15.5. The molecular weight excluding hydrogens is 265 g/mol. The predicted octanol–water partition coefficient (Wildman–Crippen LogP) is 3.80. The van der Waals surface area contributed by atoms with E-state index in [4.69, 9.17) is 4.74 Å². The normalized spacial score (nSPS) is 24.1. The maximum atomic E-state index is 13.6. The van der Waals surface area contributed by atoms with Gasteiger partial charge in [-0.15, -0.1) is 0 Å². The topological polar surface area (TPSA) is 21.3 Å². The van der Waals surface area contributed by atoms with E-state index in [0.717, 1.165) is 31.6 Å². The fraction of sp³-hybridized carbons (Fsp3) is 0.667. The van der Waals surface area contributed by atoms with Gasteiger partial charge in [0.05, 0.1) is 6.10 Å². The molecule has 0 bridgehead atoms. The minimum atomic E-state index is -0.106. The SMILES string of the molecule is CC(C)COC1CC(NCCc2ccccc2F)C1(C)C. The molecule has 0 spiro atoms. The first-order valence-corrected chi connectivity index (χ1v) is 7.99. The molecule has 1 aliphatic rings. The van der Waals surface area contributed by atoms with E-state index >= 15 is 0 Å². The fourth-order valence-electron chi connectivity index (χ4n) is 2.91. The number of rotatable bonds is 7. The molecule has 2 rings (SSSR count). The second kappa shape index (κ2) is 6.89. The van der Waals surface area contributed by atoms with Gasteiger partial charge in [0.1, 0.15) is 5.82 Å². The Morgan fingerprint density at radius 1 is 1.33 bits per heavy atom. The molecule has 1 N–H and O–H groups in total. The number of ether oxygens (including phenoxy) is 1. The highest BCUT2D eigenvalue weighted by Crippen LogP contribution is 2.42. The van der Waals surface area contributed by atoms with Crippen LogP contribution in [0.25, 0.3) is 0 Å². The van der Waals surface area contributed by atoms with Crippen molar-refractivity contribution >= 4 is 0 Å². The zero-order valence-electron chi connectivity index (χ0n) is 13.7. The molecule has 2 nitrogen and oxygen atoms in total. The molecule has 0 aliphatic heterocycles. The van der Waals surface area contributed by atoms with Gasteiger partial charge in [0, 0.05) is 18.1 Å². The summed E-state index contributed by atoms with van der Waals surface area (Å²) in [6.45, 7) is 10.5. The minimum Gasteiger partial charge on any atom is -0.377 e. The Bertz CT molecular complexity index is 458. The Kier molecular flexibility index (Phi) is 5.39. The second-order valence-corrected chi connectivity index (χ2v) is 7.12. The summed E-state index contributed by atoms with van der Waals surface area (Å²) in [4.78, 5) is 0. The average Bonchev–Trinajstić information content (AvgIpc) is 2.42. The lowest BCUT2D eigenvalue weighted by Crippen LogP contribution is -2.61. The van der Waals surface area contributed by atoms with E-state index < -0.39 is 0 Å². The minimum absolute atomic E-state index is 0.106. The van der Waals surface area contributed by atoms with Crippen LogP contribution in [0.15, 0.2) is 24.3 Å². The van der Waals surface area contributed by atoms with Crippen LogP contribution in [0.4, 0.5) is 4.39 Å². The van der Waals surface area contributed by atoms with E-state index in [9.17, 15) is 4.39 Å². The molecule has 118 valence electrons. The Hall–Kier alpha value is -0.930. The predicted molar refractivity (Wildman–Crippen MR) is 84.9 cm³/mol. The van der Waals surface area contributed by atoms with Crippen molar-refractivity contribution in [2.24, 2.45) is 11.3 Å². The summed E-state index contributed by atoms with van der Waals surface area (Å²) in [5.74, 6) is 0.471. The molecule has 1 aliphatic carbocycles. The van der Waals surface area contributed by atoms with Crippen LogP contribution >= 0.6 is 0 Å². The number of nitrogens with one attached hydrogen (secondary N) is 1. The summed E-state index contributed by atoms with van der Waals surface area (Å²) in [7, 11) is 0. The second-order valence-electron chi connectivity index (χ2n) is 7.12. The van der Waals surface area contributed by atoms with Crippen LogP contribution in [0, 0.1) is 17.2 Å². The van der Waals surface area contributed by atoms with E-state index in [1.165, 1.54) is 6.07 Å². The molecule has 1 saturated carbocycles. The van der Waals surface area contributed by atoms with Gasteiger partial charge in [-0.2, -0.15) is 0 Å². The highest BCUT2D eigenvalue weighted by molar-refractivity contribution is 5.17. The molecule has 0 radical (unpaired) electrons. The third-order valence-corrected chi connectivity index (χ3v) is 4.55. The molecular formula is C18H28FNO. The number of benzene rings is 1. The van der Waals surface area contributed by atoms with E-state index in [2.05, 4.69) is 33.0 Å². The molecule has 21 heavy (non-hydrogen) atoms. The standard InChI is InChI=1S/C18H28FNO/c1-13(2)12-21-17-11-16(18(17,3)4)20-10-9-14-7-5-6-8-15(14)19/h5-8,13,16-17,20H,9-12H2,1-4H3. The first kappa shape index (κ1) is 16.4. The smallest absolute Gasteiger partial charge is 0.126 e. The summed E-state index contributed by atoms with van der Waals surface area (Å²) in [6, 6.07) is 7.47. The molecule has 1 fully saturated rings. The summed E-state index contributed by atoms with van der Waals surface area (Å²) in [5.41, 5.74) is 0.944. The van der Waals surface area contributed by atoms with Gasteiger partial charge < -0.3 is 10.1 Å². The van der Waals surface area contributed by atoms with Crippen molar-refractivity contribution in [3.63, 3.8) is 0 Å². The highest BCUT2D eigenvalue weighted by atomic mass is 19.1. The van der Waals surface area contributed by atoms with E-state index in [0.29, 0.717) is 18.1 Å². The van der Waals surface area contributed by atoms with E-state index in [1.54, 1.807) is 6.07 Å². The van der Waals surface area contributed by atoms with Crippen molar-refractivity contribution in [3.05, 3.63) is 35.6 Å². The van der Waals surface area contributed by atoms with Crippen molar-refractivity contribution in [2.45, 2.75) is 52.7 Å². The van der Waals surface area contributed by atoms with Gasteiger partial charge >= 0.3 is 0 Å². The van der Waals surface area contributed by atoms with Crippen molar-refractivity contribution < 1.29 is 9.13 Å². The number of hydrogen-bond donors (Lipinski definition) is 1. The molecule has 2 atom stereocenters. The Morgan fingerprint density at radius 3 is 2.67 bits per heavy atom. The van der Waals surface area contributed by atoms with Crippen molar-refractivity contribution in [2.75, 3.05) is 13.2 Å². The molecule has 0 saturated heterocycles. The van der Waals surface area contributed by atoms with Crippen LogP contribution in [-0.4, -0.2) is 25.3 Å². The monoisotopic (exact) mass is 293 g/mol. The van der Waals surface area contributed by atoms with Crippen molar-refractivity contribution in [1.29, 1.82) is 0 Å². The lowest BCUT2D eigenvalue weighted by molar-refractivity contribution is -0.123. The Morgan fingerprint density at radius 2 is 2.05 bits per heavy atom. The van der Waals surface area contributed by atoms with Crippen LogP contribution in [-0.2, 0) is 11.2 Å². The van der Waals surface area contributed by atoms with Gasteiger partial charge in [-0.05, 0) is 36.9 Å². The van der Waals surface area contributed by atoms with Gasteiger partial charge in [0.15, 0.2) is 0 Å². The fourth-order valence-corrected chi connectivity index (χ4v) is 2.91. The quantitative estimate of drug-likeness (QED) is 0.825. The zero-order valence-corrected chi connectivity index (χ0v) is 13.7. The van der Waals surface area contributed by atoms with E-state index in [-0.39, 0.29) is 11.2 Å². The van der Waals surface area contributed by atoms with E-state index in [1.807, 2.05) is 12.1 Å². The molecule has 0 amide bonds. The first-order valence-electron chi connectivity index (χ1n) is 7.99. The molecule has 2 unspecified atom stereocenters. The third-order valence-electron chi connectivity index (χ3n) is 4.55. The summed E-state index contributed by atoms with van der Waals surface area (Å²) in [6.07, 6.45) is 2.12. The van der Waals surface area contributed by atoms with Gasteiger partial charge in [-0.3, -0.25) is 0 Å². The van der Waals surface area contributed by atoms with Crippen LogP contribution in [0.1, 0.15) is 39.7 Å². The maximum Gasteiger partial charge on any atom is 0.126 e. The van der Waals surface area contributed by atoms with Gasteiger partial charge in [0.2, 0.25) is 0 Å². The molecule has 0 heterocycles. The summed E-state index contributed by atoms with van der Waals surface area (Å²) < 4.78 is 19.5.